The zero-order valence-electron chi connectivity index (χ0n) is 14.3. The highest BCUT2D eigenvalue weighted by molar-refractivity contribution is 5.15. The summed E-state index contributed by atoms with van der Waals surface area (Å²) in [6.45, 7) is 18.0. The number of aliphatic hydroxyl groups excluding tert-OH is 1. The Morgan fingerprint density at radius 2 is 1.63 bits per heavy atom. The summed E-state index contributed by atoms with van der Waals surface area (Å²) in [5.74, 6) is 0.469. The molecule has 0 heterocycles. The molecule has 0 saturated heterocycles. The molecule has 0 amide bonds. The molecule has 0 spiro atoms. The third-order valence-electron chi connectivity index (χ3n) is 3.76. The van der Waals surface area contributed by atoms with Crippen molar-refractivity contribution in [3.8, 4) is 0 Å². The van der Waals surface area contributed by atoms with Crippen molar-refractivity contribution in [2.75, 3.05) is 0 Å². The number of hydrogen-bond acceptors (Lipinski definition) is 1. The molecule has 1 unspecified atom stereocenters. The lowest BCUT2D eigenvalue weighted by Crippen LogP contribution is -2.21. The Hall–Kier alpha value is -0.720. The van der Waals surface area contributed by atoms with Gasteiger partial charge in [-0.15, -0.1) is 0 Å². The molecule has 19 heavy (non-hydrogen) atoms. The van der Waals surface area contributed by atoms with Crippen molar-refractivity contribution in [1.82, 2.24) is 0 Å². The summed E-state index contributed by atoms with van der Waals surface area (Å²) in [7, 11) is 0. The molecule has 0 aliphatic carbocycles. The molecule has 0 aliphatic rings. The summed E-state index contributed by atoms with van der Waals surface area (Å²) >= 11 is 0. The van der Waals surface area contributed by atoms with Gasteiger partial charge in [0.15, 0.2) is 0 Å². The van der Waals surface area contributed by atoms with E-state index in [1.165, 1.54) is 12.7 Å². The van der Waals surface area contributed by atoms with Crippen LogP contribution in [0.5, 0.6) is 0 Å². The van der Waals surface area contributed by atoms with Gasteiger partial charge in [-0.25, -0.2) is 0 Å². The average molecular weight is 266 g/mol. The van der Waals surface area contributed by atoms with Crippen LogP contribution in [0.1, 0.15) is 74.7 Å². The summed E-state index contributed by atoms with van der Waals surface area (Å²) < 4.78 is 0. The molecule has 0 radical (unpaired) electrons. The van der Waals surface area contributed by atoms with Gasteiger partial charge in [0.05, 0.1) is 6.26 Å². The topological polar surface area (TPSA) is 20.2 Å². The Labute approximate surface area is 120 Å². The van der Waals surface area contributed by atoms with E-state index in [2.05, 4.69) is 54.5 Å². The number of hydrogen-bond donors (Lipinski definition) is 1. The minimum Gasteiger partial charge on any atom is -0.516 e. The molecule has 1 atom stereocenters. The van der Waals surface area contributed by atoms with Gasteiger partial charge in [0.2, 0.25) is 0 Å². The third-order valence-corrected chi connectivity index (χ3v) is 3.76. The predicted octanol–water partition coefficient (Wildman–Crippen LogP) is 6.27. The van der Waals surface area contributed by atoms with Crippen molar-refractivity contribution in [1.29, 1.82) is 0 Å². The average Bonchev–Trinajstić information content (AvgIpc) is 2.24. The molecule has 0 aromatic rings. The van der Waals surface area contributed by atoms with Crippen molar-refractivity contribution >= 4 is 0 Å². The number of rotatable bonds is 5. The zero-order chi connectivity index (χ0) is 15.3. The van der Waals surface area contributed by atoms with Crippen molar-refractivity contribution < 1.29 is 5.11 Å². The van der Waals surface area contributed by atoms with Gasteiger partial charge in [0.1, 0.15) is 0 Å². The Balaban J connectivity index is 5.36. The largest absolute Gasteiger partial charge is 0.516 e. The minimum absolute atomic E-state index is 0.217. The summed E-state index contributed by atoms with van der Waals surface area (Å²) in [5.41, 5.74) is 3.05. The van der Waals surface area contributed by atoms with Gasteiger partial charge >= 0.3 is 0 Å². The van der Waals surface area contributed by atoms with Crippen LogP contribution in [-0.4, -0.2) is 5.11 Å². The molecular formula is C18H34O. The normalized spacial score (nSPS) is 16.6. The number of allylic oxidation sites excluding steroid dienone is 3. The van der Waals surface area contributed by atoms with Crippen LogP contribution in [0.3, 0.4) is 0 Å². The van der Waals surface area contributed by atoms with E-state index in [0.717, 1.165) is 18.4 Å². The van der Waals surface area contributed by atoms with Crippen molar-refractivity contribution in [2.24, 2.45) is 16.7 Å². The first-order valence-corrected chi connectivity index (χ1v) is 7.53. The molecule has 0 saturated carbocycles. The van der Waals surface area contributed by atoms with E-state index in [0.29, 0.717) is 5.92 Å². The van der Waals surface area contributed by atoms with Crippen LogP contribution in [0.4, 0.5) is 0 Å². The monoisotopic (exact) mass is 266 g/mol. The van der Waals surface area contributed by atoms with E-state index in [1.807, 2.05) is 6.92 Å². The Morgan fingerprint density at radius 1 is 1.11 bits per heavy atom. The van der Waals surface area contributed by atoms with Crippen molar-refractivity contribution in [3.05, 3.63) is 23.5 Å². The minimum atomic E-state index is 0.217. The molecule has 112 valence electrons. The highest BCUT2D eigenvalue weighted by atomic mass is 16.2. The Kier molecular flexibility index (Phi) is 6.89. The summed E-state index contributed by atoms with van der Waals surface area (Å²) in [5, 5.41) is 9.16. The van der Waals surface area contributed by atoms with Crippen LogP contribution in [0.2, 0.25) is 0 Å². The van der Waals surface area contributed by atoms with Crippen molar-refractivity contribution in [3.63, 3.8) is 0 Å². The second-order valence-corrected chi connectivity index (χ2v) is 7.84. The lowest BCUT2D eigenvalue weighted by atomic mass is 9.73. The highest BCUT2D eigenvalue weighted by Gasteiger charge is 2.26. The van der Waals surface area contributed by atoms with E-state index >= 15 is 0 Å². The van der Waals surface area contributed by atoms with E-state index < -0.39 is 0 Å². The molecule has 1 N–H and O–H groups in total. The van der Waals surface area contributed by atoms with Crippen LogP contribution in [0.25, 0.3) is 0 Å². The van der Waals surface area contributed by atoms with E-state index in [9.17, 15) is 0 Å². The first-order valence-electron chi connectivity index (χ1n) is 7.53. The van der Waals surface area contributed by atoms with Crippen LogP contribution in [0.15, 0.2) is 23.5 Å². The highest BCUT2D eigenvalue weighted by Crippen LogP contribution is 2.37. The second-order valence-electron chi connectivity index (χ2n) is 7.84. The van der Waals surface area contributed by atoms with Gasteiger partial charge in [-0.3, -0.25) is 0 Å². The zero-order valence-corrected chi connectivity index (χ0v) is 14.3. The molecule has 0 rings (SSSR count). The molecule has 1 heteroatoms. The van der Waals surface area contributed by atoms with Crippen molar-refractivity contribution in [2.45, 2.75) is 74.7 Å². The number of aliphatic hydroxyl groups is 1. The third kappa shape index (κ3) is 6.84. The lowest BCUT2D eigenvalue weighted by Gasteiger charge is -2.32. The van der Waals surface area contributed by atoms with E-state index in [-0.39, 0.29) is 10.8 Å². The molecular weight excluding hydrogens is 232 g/mol. The Bertz CT molecular complexity index is 321. The van der Waals surface area contributed by atoms with Gasteiger partial charge in [-0.05, 0) is 42.1 Å². The molecule has 0 bridgehead atoms. The van der Waals surface area contributed by atoms with Crippen LogP contribution < -0.4 is 0 Å². The maximum atomic E-state index is 9.16. The maximum absolute atomic E-state index is 9.16. The van der Waals surface area contributed by atoms with E-state index in [1.54, 1.807) is 5.57 Å². The predicted molar refractivity (Wildman–Crippen MR) is 86.4 cm³/mol. The fourth-order valence-corrected chi connectivity index (χ4v) is 2.24. The van der Waals surface area contributed by atoms with Gasteiger partial charge in [0.25, 0.3) is 0 Å². The Morgan fingerprint density at radius 3 is 1.95 bits per heavy atom. The summed E-state index contributed by atoms with van der Waals surface area (Å²) in [6, 6.07) is 0. The smallest absolute Gasteiger partial charge is 0.0781 e. The molecule has 0 aromatic heterocycles. The molecule has 0 aliphatic heterocycles. The SMILES string of the molecule is CCC/C(=C\C(C/C(C)=C/O)C(C)(C)C)C(C)(C)C. The van der Waals surface area contributed by atoms with Crippen LogP contribution >= 0.6 is 0 Å². The first-order chi connectivity index (χ1) is 8.52. The van der Waals surface area contributed by atoms with Gasteiger partial charge in [-0.2, -0.15) is 0 Å². The molecule has 0 aromatic carbocycles. The maximum Gasteiger partial charge on any atom is 0.0781 e. The van der Waals surface area contributed by atoms with Gasteiger partial charge < -0.3 is 5.11 Å². The fourth-order valence-electron chi connectivity index (χ4n) is 2.24. The first kappa shape index (κ1) is 18.3. The summed E-state index contributed by atoms with van der Waals surface area (Å²) in [6.07, 6.45) is 7.01. The van der Waals surface area contributed by atoms with Crippen LogP contribution in [-0.2, 0) is 0 Å². The standard InChI is InChI=1S/C18H34O/c1-9-10-15(17(3,4)5)12-16(18(6,7)8)11-14(2)13-19/h12-13,16,19H,9-11H2,1-8H3/b14-13+,15-12+. The fraction of sp³-hybridized carbons (Fsp3) is 0.778. The van der Waals surface area contributed by atoms with Gasteiger partial charge in [-0.1, -0.05) is 66.5 Å². The molecule has 1 nitrogen and oxygen atoms in total. The second kappa shape index (κ2) is 7.17. The summed E-state index contributed by atoms with van der Waals surface area (Å²) in [4.78, 5) is 0. The van der Waals surface area contributed by atoms with E-state index in [4.69, 9.17) is 5.11 Å². The van der Waals surface area contributed by atoms with Crippen LogP contribution in [0, 0.1) is 16.7 Å². The lowest BCUT2D eigenvalue weighted by molar-refractivity contribution is 0.283. The van der Waals surface area contributed by atoms with Gasteiger partial charge in [0, 0.05) is 0 Å². The quantitative estimate of drug-likeness (QED) is 0.459. The molecule has 0 fully saturated rings.